The minimum absolute atomic E-state index is 0.225. The van der Waals surface area contributed by atoms with Crippen molar-refractivity contribution in [2.45, 2.75) is 114 Å². The van der Waals surface area contributed by atoms with E-state index >= 15 is 0 Å². The molecule has 0 aromatic heterocycles. The van der Waals surface area contributed by atoms with E-state index < -0.39 is 98.2 Å². The van der Waals surface area contributed by atoms with Crippen molar-refractivity contribution in [3.05, 3.63) is 0 Å². The van der Waals surface area contributed by atoms with Crippen molar-refractivity contribution in [3.63, 3.8) is 0 Å². The highest BCUT2D eigenvalue weighted by atomic mass is 16.7. The van der Waals surface area contributed by atoms with Gasteiger partial charge in [0.1, 0.15) is 60.5 Å². The molecule has 0 bridgehead atoms. The Bertz CT molecular complexity index is 747. The van der Waals surface area contributed by atoms with Crippen molar-refractivity contribution in [1.82, 2.24) is 10.6 Å². The Kier molecular flexibility index (Phi) is 11.4. The molecule has 2 fully saturated rings. The molecule has 0 saturated carbocycles. The molecule has 216 valence electrons. The van der Waals surface area contributed by atoms with Crippen LogP contribution in [-0.4, -0.2) is 134 Å². The van der Waals surface area contributed by atoms with Crippen LogP contribution in [0.3, 0.4) is 0 Å². The van der Waals surface area contributed by atoms with E-state index in [-0.39, 0.29) is 6.42 Å². The topological polar surface area (TPSA) is 237 Å². The van der Waals surface area contributed by atoms with Gasteiger partial charge in [-0.3, -0.25) is 4.79 Å². The fourth-order valence-corrected chi connectivity index (χ4v) is 3.96. The molecule has 2 heterocycles. The van der Waals surface area contributed by atoms with Gasteiger partial charge in [-0.05, 0) is 27.2 Å². The first-order valence-electron chi connectivity index (χ1n) is 12.1. The number of amides is 2. The summed E-state index contributed by atoms with van der Waals surface area (Å²) < 4.78 is 21.4. The number of ether oxygens (including phenoxy) is 4. The normalized spacial score (nSPS) is 37.5. The van der Waals surface area contributed by atoms with E-state index in [1.165, 1.54) is 0 Å². The molecule has 2 aliphatic heterocycles. The summed E-state index contributed by atoms with van der Waals surface area (Å²) in [6.45, 7) is 5.29. The molecule has 15 nitrogen and oxygen atoms in total. The summed E-state index contributed by atoms with van der Waals surface area (Å²) in [7, 11) is 0. The molecule has 2 rings (SSSR count). The molecule has 11 unspecified atom stereocenters. The van der Waals surface area contributed by atoms with Gasteiger partial charge >= 0.3 is 6.09 Å². The van der Waals surface area contributed by atoms with E-state index in [1.807, 2.05) is 0 Å². The van der Waals surface area contributed by atoms with Crippen LogP contribution in [0.1, 0.15) is 40.5 Å². The second kappa shape index (κ2) is 13.4. The zero-order chi connectivity index (χ0) is 28.1. The lowest BCUT2D eigenvalue weighted by Gasteiger charge is -2.46. The Morgan fingerprint density at radius 1 is 0.892 bits per heavy atom. The van der Waals surface area contributed by atoms with Crippen molar-refractivity contribution in [2.24, 2.45) is 0 Å². The summed E-state index contributed by atoms with van der Waals surface area (Å²) in [5, 5.41) is 75.3. The second-order valence-electron chi connectivity index (χ2n) is 10.1. The van der Waals surface area contributed by atoms with Gasteiger partial charge in [0.25, 0.3) is 0 Å². The molecule has 37 heavy (non-hydrogen) atoms. The Hall–Kier alpha value is -1.66. The maximum Gasteiger partial charge on any atom is 0.408 e. The van der Waals surface area contributed by atoms with E-state index in [2.05, 4.69) is 10.6 Å². The zero-order valence-corrected chi connectivity index (χ0v) is 21.3. The predicted octanol–water partition coefficient (Wildman–Crippen LogP) is -3.58. The maximum absolute atomic E-state index is 12.9. The van der Waals surface area contributed by atoms with Crippen LogP contribution in [0.25, 0.3) is 0 Å². The summed E-state index contributed by atoms with van der Waals surface area (Å²) in [5.74, 6) is -0.742. The van der Waals surface area contributed by atoms with Gasteiger partial charge < -0.3 is 65.3 Å². The number of hydrogen-bond acceptors (Lipinski definition) is 13. The van der Waals surface area contributed by atoms with Gasteiger partial charge in [0.15, 0.2) is 12.5 Å². The number of alkyl carbamates (subject to hydrolysis) is 1. The first-order chi connectivity index (χ1) is 17.2. The number of aliphatic hydroxyl groups is 7. The van der Waals surface area contributed by atoms with Gasteiger partial charge in [0, 0.05) is 0 Å². The lowest BCUT2D eigenvalue weighted by Crippen LogP contribution is -2.67. The van der Waals surface area contributed by atoms with E-state index in [4.69, 9.17) is 18.9 Å². The lowest BCUT2D eigenvalue weighted by molar-refractivity contribution is -0.343. The minimum atomic E-state index is -1.80. The fourth-order valence-electron chi connectivity index (χ4n) is 3.96. The Labute approximate surface area is 214 Å². The first kappa shape index (κ1) is 31.6. The van der Waals surface area contributed by atoms with Gasteiger partial charge in [0.05, 0.1) is 13.2 Å². The van der Waals surface area contributed by atoms with Crippen molar-refractivity contribution in [3.8, 4) is 0 Å². The van der Waals surface area contributed by atoms with E-state index in [0.717, 1.165) is 0 Å². The summed E-state index contributed by atoms with van der Waals surface area (Å²) in [6.07, 6.45) is -16.2. The van der Waals surface area contributed by atoms with Gasteiger partial charge in [-0.15, -0.1) is 0 Å². The van der Waals surface area contributed by atoms with E-state index in [9.17, 15) is 45.3 Å². The molecule has 0 aromatic rings. The number of carbonyl (C=O) groups is 2. The highest BCUT2D eigenvalue weighted by Crippen LogP contribution is 2.28. The highest BCUT2D eigenvalue weighted by Gasteiger charge is 2.50. The summed E-state index contributed by atoms with van der Waals surface area (Å²) >= 11 is 0. The van der Waals surface area contributed by atoms with Gasteiger partial charge in [0.2, 0.25) is 5.91 Å². The smallest absolute Gasteiger partial charge is 0.408 e. The molecular weight excluding hydrogens is 500 g/mol. The third-order valence-electron chi connectivity index (χ3n) is 5.87. The predicted molar refractivity (Wildman–Crippen MR) is 123 cm³/mol. The molecule has 9 N–H and O–H groups in total. The van der Waals surface area contributed by atoms with Gasteiger partial charge in [-0.2, -0.15) is 0 Å². The van der Waals surface area contributed by atoms with Gasteiger partial charge in [-0.25, -0.2) is 4.79 Å². The standard InChI is InChI=1S/C22H40N2O13/c1-5-6-9(23-21(33)37-22(2,3)4)18(32)24-19-15(30)14(29)17(11(8-26)34-19)36-20-16(31)13(28)12(27)10(7-25)35-20/h9-17,19-20,25-31H,5-8H2,1-4H3,(H,23,33)(H,24,32). The zero-order valence-electron chi connectivity index (χ0n) is 21.3. The largest absolute Gasteiger partial charge is 0.444 e. The molecule has 0 aromatic carbocycles. The Morgan fingerprint density at radius 3 is 2.05 bits per heavy atom. The average Bonchev–Trinajstić information content (AvgIpc) is 2.82. The monoisotopic (exact) mass is 540 g/mol. The molecule has 2 aliphatic rings. The average molecular weight is 541 g/mol. The van der Waals surface area contributed by atoms with E-state index in [0.29, 0.717) is 6.42 Å². The first-order valence-corrected chi connectivity index (χ1v) is 12.1. The lowest BCUT2D eigenvalue weighted by atomic mass is 9.96. The quantitative estimate of drug-likeness (QED) is 0.138. The SMILES string of the molecule is CCCC(NC(=O)OC(C)(C)C)C(=O)NC1OC(CO)C(OC2OC(CO)C(O)C(O)C2O)C(O)C1O. The number of aliphatic hydroxyl groups excluding tert-OH is 7. The van der Waals surface area contributed by atoms with Crippen LogP contribution in [0.5, 0.6) is 0 Å². The molecule has 15 heteroatoms. The molecule has 0 aliphatic carbocycles. The fraction of sp³-hybridized carbons (Fsp3) is 0.909. The van der Waals surface area contributed by atoms with Crippen molar-refractivity contribution in [1.29, 1.82) is 0 Å². The third kappa shape index (κ3) is 8.16. The number of nitrogens with one attached hydrogen (secondary N) is 2. The van der Waals surface area contributed by atoms with Crippen LogP contribution in [-0.2, 0) is 23.7 Å². The molecular formula is C22H40N2O13. The molecule has 2 amide bonds. The highest BCUT2D eigenvalue weighted by molar-refractivity contribution is 5.85. The van der Waals surface area contributed by atoms with Gasteiger partial charge in [-0.1, -0.05) is 13.3 Å². The summed E-state index contributed by atoms with van der Waals surface area (Å²) in [6, 6.07) is -1.05. The molecule has 0 radical (unpaired) electrons. The van der Waals surface area contributed by atoms with Crippen LogP contribution in [0, 0.1) is 0 Å². The van der Waals surface area contributed by atoms with Crippen molar-refractivity contribution >= 4 is 12.0 Å². The third-order valence-corrected chi connectivity index (χ3v) is 5.87. The minimum Gasteiger partial charge on any atom is -0.444 e. The van der Waals surface area contributed by atoms with Crippen LogP contribution < -0.4 is 10.6 Å². The number of hydrogen-bond donors (Lipinski definition) is 9. The molecule has 2 saturated heterocycles. The molecule has 0 spiro atoms. The second-order valence-corrected chi connectivity index (χ2v) is 10.1. The van der Waals surface area contributed by atoms with Crippen molar-refractivity contribution in [2.75, 3.05) is 13.2 Å². The summed E-state index contributed by atoms with van der Waals surface area (Å²) in [5.41, 5.74) is -0.797. The van der Waals surface area contributed by atoms with Crippen LogP contribution >= 0.6 is 0 Å². The Morgan fingerprint density at radius 2 is 1.51 bits per heavy atom. The van der Waals surface area contributed by atoms with Crippen LogP contribution in [0.15, 0.2) is 0 Å². The Balaban J connectivity index is 2.09. The summed E-state index contributed by atoms with van der Waals surface area (Å²) in [4.78, 5) is 25.0. The molecule has 11 atom stereocenters. The maximum atomic E-state index is 12.9. The van der Waals surface area contributed by atoms with Crippen molar-refractivity contribution < 1.29 is 64.3 Å². The number of rotatable bonds is 9. The van der Waals surface area contributed by atoms with E-state index in [1.54, 1.807) is 27.7 Å². The number of carbonyl (C=O) groups excluding carboxylic acids is 2. The van der Waals surface area contributed by atoms with Crippen LogP contribution in [0.2, 0.25) is 0 Å². The van der Waals surface area contributed by atoms with Crippen LogP contribution in [0.4, 0.5) is 4.79 Å².